The molecule has 1 nitrogen and oxygen atoms in total. The minimum Gasteiger partial charge on any atom is -0.387 e. The fraction of sp³-hybridized carbons (Fsp3) is 0.250. The summed E-state index contributed by atoms with van der Waals surface area (Å²) in [6, 6.07) is 4.88. The lowest BCUT2D eigenvalue weighted by Crippen LogP contribution is -1.97. The van der Waals surface area contributed by atoms with E-state index < -0.39 is 6.10 Å². The third-order valence-electron chi connectivity index (χ3n) is 1.42. The molecule has 0 fully saturated rings. The molecule has 0 aliphatic rings. The zero-order valence-corrected chi connectivity index (χ0v) is 8.37. The number of alkyl halides is 1. The van der Waals surface area contributed by atoms with Gasteiger partial charge in [-0.15, -0.1) is 11.6 Å². The number of halogens is 3. The average Bonchev–Trinajstić information content (AvgIpc) is 2.01. The molecular formula is C8H7Cl3O. The molecule has 1 N–H and O–H groups in total. The molecule has 0 amide bonds. The first-order valence-corrected chi connectivity index (χ1v) is 4.62. The van der Waals surface area contributed by atoms with Gasteiger partial charge in [0, 0.05) is 10.0 Å². The van der Waals surface area contributed by atoms with Crippen LogP contribution in [0.2, 0.25) is 10.0 Å². The number of aliphatic hydroxyl groups is 1. The number of benzene rings is 1. The van der Waals surface area contributed by atoms with Crippen LogP contribution in [-0.4, -0.2) is 11.0 Å². The smallest absolute Gasteiger partial charge is 0.0926 e. The van der Waals surface area contributed by atoms with Crippen LogP contribution in [0.1, 0.15) is 11.7 Å². The first-order chi connectivity index (χ1) is 5.63. The van der Waals surface area contributed by atoms with Gasteiger partial charge < -0.3 is 5.11 Å². The Morgan fingerprint density at radius 3 is 2.08 bits per heavy atom. The van der Waals surface area contributed by atoms with Crippen molar-refractivity contribution in [3.63, 3.8) is 0 Å². The van der Waals surface area contributed by atoms with Gasteiger partial charge in [0.25, 0.3) is 0 Å². The van der Waals surface area contributed by atoms with Crippen molar-refractivity contribution >= 4 is 34.8 Å². The molecule has 0 heterocycles. The molecule has 0 aromatic heterocycles. The van der Waals surface area contributed by atoms with Crippen molar-refractivity contribution in [1.82, 2.24) is 0 Å². The summed E-state index contributed by atoms with van der Waals surface area (Å²) in [5.41, 5.74) is 0.641. The highest BCUT2D eigenvalue weighted by Gasteiger charge is 2.07. The second-order valence-corrected chi connectivity index (χ2v) is 3.55. The van der Waals surface area contributed by atoms with Gasteiger partial charge in [0.2, 0.25) is 0 Å². The molecule has 66 valence electrons. The Labute approximate surface area is 85.9 Å². The Bertz CT molecular complexity index is 255. The third kappa shape index (κ3) is 2.53. The van der Waals surface area contributed by atoms with Gasteiger partial charge in [-0.2, -0.15) is 0 Å². The van der Waals surface area contributed by atoms with E-state index in [1.165, 1.54) is 0 Å². The fourth-order valence-electron chi connectivity index (χ4n) is 0.857. The van der Waals surface area contributed by atoms with Crippen molar-refractivity contribution in [2.45, 2.75) is 6.10 Å². The lowest BCUT2D eigenvalue weighted by atomic mass is 10.1. The molecule has 1 aromatic carbocycles. The summed E-state index contributed by atoms with van der Waals surface area (Å²) in [5, 5.41) is 10.3. The molecule has 0 saturated heterocycles. The van der Waals surface area contributed by atoms with Crippen LogP contribution in [0.25, 0.3) is 0 Å². The Kier molecular flexibility index (Phi) is 3.66. The van der Waals surface area contributed by atoms with Crippen LogP contribution in [0.3, 0.4) is 0 Å². The Hall–Kier alpha value is 0.0500. The first-order valence-electron chi connectivity index (χ1n) is 3.33. The number of aliphatic hydroxyl groups excluding tert-OH is 1. The van der Waals surface area contributed by atoms with Crippen LogP contribution in [0.5, 0.6) is 0 Å². The summed E-state index contributed by atoms with van der Waals surface area (Å²) in [4.78, 5) is 0. The lowest BCUT2D eigenvalue weighted by Gasteiger charge is -2.07. The van der Waals surface area contributed by atoms with E-state index in [0.717, 1.165) is 0 Å². The van der Waals surface area contributed by atoms with Crippen LogP contribution < -0.4 is 0 Å². The topological polar surface area (TPSA) is 20.2 Å². The van der Waals surface area contributed by atoms with Crippen molar-refractivity contribution in [2.24, 2.45) is 0 Å². The minimum absolute atomic E-state index is 0.136. The molecule has 1 atom stereocenters. The molecule has 1 aromatic rings. The molecule has 0 spiro atoms. The van der Waals surface area contributed by atoms with E-state index in [2.05, 4.69) is 0 Å². The van der Waals surface area contributed by atoms with E-state index in [0.29, 0.717) is 15.6 Å². The Morgan fingerprint density at radius 1 is 1.17 bits per heavy atom. The quantitative estimate of drug-likeness (QED) is 0.766. The highest BCUT2D eigenvalue weighted by atomic mass is 35.5. The van der Waals surface area contributed by atoms with Crippen molar-refractivity contribution in [2.75, 3.05) is 5.88 Å². The van der Waals surface area contributed by atoms with Crippen molar-refractivity contribution in [1.29, 1.82) is 0 Å². The molecular weight excluding hydrogens is 218 g/mol. The largest absolute Gasteiger partial charge is 0.387 e. The average molecular weight is 226 g/mol. The maximum atomic E-state index is 9.33. The standard InChI is InChI=1S/C8H7Cl3O/c9-4-8(12)5-1-6(10)3-7(11)2-5/h1-3,8,12H,4H2. The molecule has 1 unspecified atom stereocenters. The predicted molar refractivity (Wildman–Crippen MR) is 52.1 cm³/mol. The normalized spacial score (nSPS) is 13.0. The molecule has 0 bridgehead atoms. The molecule has 0 radical (unpaired) electrons. The van der Waals surface area contributed by atoms with E-state index in [9.17, 15) is 5.11 Å². The van der Waals surface area contributed by atoms with E-state index in [-0.39, 0.29) is 5.88 Å². The summed E-state index contributed by atoms with van der Waals surface area (Å²) in [5.74, 6) is 0.136. The van der Waals surface area contributed by atoms with Gasteiger partial charge in [0.05, 0.1) is 12.0 Å². The van der Waals surface area contributed by atoms with Gasteiger partial charge in [-0.3, -0.25) is 0 Å². The maximum absolute atomic E-state index is 9.33. The Morgan fingerprint density at radius 2 is 1.67 bits per heavy atom. The second-order valence-electron chi connectivity index (χ2n) is 2.37. The summed E-state index contributed by atoms with van der Waals surface area (Å²) < 4.78 is 0. The zero-order chi connectivity index (χ0) is 9.14. The summed E-state index contributed by atoms with van der Waals surface area (Å²) in [6.07, 6.45) is -0.706. The van der Waals surface area contributed by atoms with Gasteiger partial charge in [0.1, 0.15) is 0 Å². The molecule has 1 rings (SSSR count). The predicted octanol–water partition coefficient (Wildman–Crippen LogP) is 3.27. The third-order valence-corrected chi connectivity index (χ3v) is 2.14. The summed E-state index contributed by atoms with van der Waals surface area (Å²) in [6.45, 7) is 0. The van der Waals surface area contributed by atoms with Gasteiger partial charge in [0.15, 0.2) is 0 Å². The van der Waals surface area contributed by atoms with Crippen LogP contribution in [0.15, 0.2) is 18.2 Å². The molecule has 0 aliphatic carbocycles. The first kappa shape index (κ1) is 10.1. The monoisotopic (exact) mass is 224 g/mol. The molecule has 0 saturated carbocycles. The summed E-state index contributed by atoms with van der Waals surface area (Å²) >= 11 is 16.9. The molecule has 12 heavy (non-hydrogen) atoms. The van der Waals surface area contributed by atoms with E-state index in [1.807, 2.05) is 0 Å². The van der Waals surface area contributed by atoms with Gasteiger partial charge in [-0.05, 0) is 23.8 Å². The van der Waals surface area contributed by atoms with E-state index in [4.69, 9.17) is 34.8 Å². The molecule has 4 heteroatoms. The fourth-order valence-corrected chi connectivity index (χ4v) is 1.58. The van der Waals surface area contributed by atoms with Crippen LogP contribution in [0.4, 0.5) is 0 Å². The summed E-state index contributed by atoms with van der Waals surface area (Å²) in [7, 11) is 0. The van der Waals surface area contributed by atoms with E-state index in [1.54, 1.807) is 18.2 Å². The van der Waals surface area contributed by atoms with Crippen LogP contribution in [-0.2, 0) is 0 Å². The highest BCUT2D eigenvalue weighted by Crippen LogP contribution is 2.23. The zero-order valence-electron chi connectivity index (χ0n) is 6.10. The van der Waals surface area contributed by atoms with Crippen molar-refractivity contribution in [3.05, 3.63) is 33.8 Å². The number of hydrogen-bond acceptors (Lipinski definition) is 1. The maximum Gasteiger partial charge on any atom is 0.0926 e. The van der Waals surface area contributed by atoms with Gasteiger partial charge >= 0.3 is 0 Å². The van der Waals surface area contributed by atoms with Crippen LogP contribution in [0, 0.1) is 0 Å². The number of hydrogen-bond donors (Lipinski definition) is 1. The minimum atomic E-state index is -0.706. The van der Waals surface area contributed by atoms with Crippen molar-refractivity contribution in [3.8, 4) is 0 Å². The second kappa shape index (κ2) is 4.33. The van der Waals surface area contributed by atoms with Gasteiger partial charge in [-0.1, -0.05) is 23.2 Å². The van der Waals surface area contributed by atoms with E-state index >= 15 is 0 Å². The SMILES string of the molecule is OC(CCl)c1cc(Cl)cc(Cl)c1. The highest BCUT2D eigenvalue weighted by molar-refractivity contribution is 6.34. The number of rotatable bonds is 2. The van der Waals surface area contributed by atoms with Crippen LogP contribution >= 0.6 is 34.8 Å². The lowest BCUT2D eigenvalue weighted by molar-refractivity contribution is 0.202. The van der Waals surface area contributed by atoms with Crippen molar-refractivity contribution < 1.29 is 5.11 Å². The molecule has 0 aliphatic heterocycles. The van der Waals surface area contributed by atoms with Gasteiger partial charge in [-0.25, -0.2) is 0 Å². The Balaban J connectivity index is 3.00.